The molecule has 0 spiro atoms. The van der Waals surface area contributed by atoms with Gasteiger partial charge in [-0.15, -0.1) is 0 Å². The average molecular weight is 627 g/mol. The van der Waals surface area contributed by atoms with E-state index in [1.807, 2.05) is 12.1 Å². The van der Waals surface area contributed by atoms with Crippen LogP contribution in [-0.4, -0.2) is 4.57 Å². The second kappa shape index (κ2) is 11.0. The fourth-order valence-corrected chi connectivity index (χ4v) is 7.57. The Morgan fingerprint density at radius 1 is 0.408 bits per heavy atom. The molecule has 0 aliphatic heterocycles. The van der Waals surface area contributed by atoms with Crippen LogP contribution in [0, 0.1) is 0 Å². The van der Waals surface area contributed by atoms with E-state index in [4.69, 9.17) is 4.42 Å². The Morgan fingerprint density at radius 3 is 2.00 bits per heavy atom. The van der Waals surface area contributed by atoms with Crippen LogP contribution in [-0.2, 0) is 0 Å². The van der Waals surface area contributed by atoms with E-state index in [0.29, 0.717) is 0 Å². The van der Waals surface area contributed by atoms with Crippen molar-refractivity contribution in [1.82, 2.24) is 4.57 Å². The molecule has 10 aromatic rings. The standard InChI is InChI=1S/C46H30N2O/c1-2-15-33(16-3-1)47-43-22-10-7-19-37(43)40-30-34(26-28-44(40)47)48(42-23-12-14-31-13-4-5-17-35(31)42)41-21-9-6-18-36(41)32-25-27-39-38-20-8-11-24-45(38)49-46(39)29-32/h1-30H. The minimum Gasteiger partial charge on any atom is -0.456 e. The third-order valence-electron chi connectivity index (χ3n) is 9.77. The minimum atomic E-state index is 0.889. The number of aromatic nitrogens is 1. The number of nitrogens with zero attached hydrogens (tertiary/aromatic N) is 2. The summed E-state index contributed by atoms with van der Waals surface area (Å²) in [7, 11) is 0. The number of para-hydroxylation sites is 4. The highest BCUT2D eigenvalue weighted by Gasteiger charge is 2.21. The first kappa shape index (κ1) is 27.5. The van der Waals surface area contributed by atoms with E-state index >= 15 is 0 Å². The maximum atomic E-state index is 6.35. The van der Waals surface area contributed by atoms with Gasteiger partial charge in [0.05, 0.1) is 22.4 Å². The number of hydrogen-bond donors (Lipinski definition) is 0. The monoisotopic (exact) mass is 626 g/mol. The van der Waals surface area contributed by atoms with Crippen LogP contribution < -0.4 is 4.90 Å². The van der Waals surface area contributed by atoms with Gasteiger partial charge in [-0.05, 0) is 77.7 Å². The molecule has 0 bridgehead atoms. The fourth-order valence-electron chi connectivity index (χ4n) is 7.57. The van der Waals surface area contributed by atoms with E-state index in [1.54, 1.807) is 0 Å². The van der Waals surface area contributed by atoms with E-state index < -0.39 is 0 Å². The smallest absolute Gasteiger partial charge is 0.136 e. The fraction of sp³-hybridized carbons (Fsp3) is 0. The van der Waals surface area contributed by atoms with Crippen LogP contribution in [0.2, 0.25) is 0 Å². The second-order valence-corrected chi connectivity index (χ2v) is 12.5. The van der Waals surface area contributed by atoms with Crippen molar-refractivity contribution in [3.63, 3.8) is 0 Å². The minimum absolute atomic E-state index is 0.889. The number of hydrogen-bond acceptors (Lipinski definition) is 2. The lowest BCUT2D eigenvalue weighted by molar-refractivity contribution is 0.669. The molecule has 3 nitrogen and oxygen atoms in total. The zero-order chi connectivity index (χ0) is 32.3. The summed E-state index contributed by atoms with van der Waals surface area (Å²) in [5.74, 6) is 0. The Balaban J connectivity index is 1.24. The summed E-state index contributed by atoms with van der Waals surface area (Å²) in [5.41, 5.74) is 10.9. The predicted molar refractivity (Wildman–Crippen MR) is 206 cm³/mol. The maximum absolute atomic E-state index is 6.35. The number of benzene rings is 8. The van der Waals surface area contributed by atoms with Crippen molar-refractivity contribution in [2.75, 3.05) is 4.90 Å². The molecule has 0 fully saturated rings. The number of fused-ring (bicyclic) bond motifs is 7. The van der Waals surface area contributed by atoms with Crippen LogP contribution >= 0.6 is 0 Å². The number of rotatable bonds is 5. The number of furan rings is 1. The predicted octanol–water partition coefficient (Wildman–Crippen LogP) is 13.0. The molecule has 0 unspecified atom stereocenters. The third-order valence-corrected chi connectivity index (χ3v) is 9.77. The van der Waals surface area contributed by atoms with Gasteiger partial charge in [0.1, 0.15) is 11.2 Å². The van der Waals surface area contributed by atoms with Gasteiger partial charge in [0.15, 0.2) is 0 Å². The summed E-state index contributed by atoms with van der Waals surface area (Å²) in [6.45, 7) is 0. The Morgan fingerprint density at radius 2 is 1.08 bits per heavy atom. The van der Waals surface area contributed by atoms with E-state index in [9.17, 15) is 0 Å². The molecule has 0 aliphatic rings. The van der Waals surface area contributed by atoms with Crippen molar-refractivity contribution in [2.45, 2.75) is 0 Å². The van der Waals surface area contributed by atoms with E-state index in [2.05, 4.69) is 179 Å². The zero-order valence-electron chi connectivity index (χ0n) is 26.6. The lowest BCUT2D eigenvalue weighted by atomic mass is 9.99. The number of anilines is 3. The van der Waals surface area contributed by atoms with Gasteiger partial charge < -0.3 is 13.9 Å². The molecule has 230 valence electrons. The van der Waals surface area contributed by atoms with Crippen LogP contribution in [0.25, 0.3) is 71.3 Å². The van der Waals surface area contributed by atoms with Crippen LogP contribution in [0.1, 0.15) is 0 Å². The lowest BCUT2D eigenvalue weighted by Gasteiger charge is -2.29. The van der Waals surface area contributed by atoms with Crippen LogP contribution in [0.3, 0.4) is 0 Å². The summed E-state index contributed by atoms with van der Waals surface area (Å²) in [6, 6.07) is 65.1. The van der Waals surface area contributed by atoms with Crippen LogP contribution in [0.5, 0.6) is 0 Å². The molecular formula is C46H30N2O. The second-order valence-electron chi connectivity index (χ2n) is 12.5. The highest BCUT2D eigenvalue weighted by Crippen LogP contribution is 2.46. The Labute approximate surface area is 283 Å². The SMILES string of the molecule is c1ccc(-n2c3ccccc3c3cc(N(c4ccccc4-c4ccc5c(c4)oc4ccccc45)c4cccc5ccccc45)ccc32)cc1. The van der Waals surface area contributed by atoms with E-state index in [-0.39, 0.29) is 0 Å². The molecule has 8 aromatic carbocycles. The molecule has 0 amide bonds. The molecule has 2 aromatic heterocycles. The highest BCUT2D eigenvalue weighted by molar-refractivity contribution is 6.12. The van der Waals surface area contributed by atoms with Crippen molar-refractivity contribution >= 4 is 71.6 Å². The highest BCUT2D eigenvalue weighted by atomic mass is 16.3. The topological polar surface area (TPSA) is 21.3 Å². The summed E-state index contributed by atoms with van der Waals surface area (Å²) in [4.78, 5) is 2.43. The zero-order valence-corrected chi connectivity index (χ0v) is 26.6. The molecular weight excluding hydrogens is 597 g/mol. The van der Waals surface area contributed by atoms with Gasteiger partial charge in [0.25, 0.3) is 0 Å². The molecule has 0 atom stereocenters. The molecule has 0 aliphatic carbocycles. The first-order chi connectivity index (χ1) is 24.3. The van der Waals surface area contributed by atoms with Crippen LogP contribution in [0.4, 0.5) is 17.1 Å². The van der Waals surface area contributed by atoms with Crippen LogP contribution in [0.15, 0.2) is 186 Å². The van der Waals surface area contributed by atoms with Gasteiger partial charge in [-0.2, -0.15) is 0 Å². The molecule has 3 heteroatoms. The normalized spacial score (nSPS) is 11.7. The third kappa shape index (κ3) is 4.37. The van der Waals surface area contributed by atoms with Crippen molar-refractivity contribution in [1.29, 1.82) is 0 Å². The quantitative estimate of drug-likeness (QED) is 0.190. The molecule has 0 N–H and O–H groups in total. The Kier molecular flexibility index (Phi) is 6.18. The van der Waals surface area contributed by atoms with Gasteiger partial charge >= 0.3 is 0 Å². The van der Waals surface area contributed by atoms with Gasteiger partial charge in [0, 0.05) is 43.9 Å². The van der Waals surface area contributed by atoms with Gasteiger partial charge in [-0.1, -0.05) is 115 Å². The molecule has 0 saturated heterocycles. The lowest BCUT2D eigenvalue weighted by Crippen LogP contribution is -2.11. The first-order valence-corrected chi connectivity index (χ1v) is 16.7. The summed E-state index contributed by atoms with van der Waals surface area (Å²) in [6.07, 6.45) is 0. The maximum Gasteiger partial charge on any atom is 0.136 e. The summed E-state index contributed by atoms with van der Waals surface area (Å²) in [5, 5.41) is 7.10. The van der Waals surface area contributed by atoms with E-state index in [0.717, 1.165) is 55.8 Å². The first-order valence-electron chi connectivity index (χ1n) is 16.7. The van der Waals surface area contributed by atoms with Crippen molar-refractivity contribution in [2.24, 2.45) is 0 Å². The molecule has 0 radical (unpaired) electrons. The Hall–Kier alpha value is -6.58. The van der Waals surface area contributed by atoms with Gasteiger partial charge in [0.2, 0.25) is 0 Å². The molecule has 10 rings (SSSR count). The van der Waals surface area contributed by atoms with Crippen molar-refractivity contribution < 1.29 is 4.42 Å². The average Bonchev–Trinajstić information content (AvgIpc) is 3.71. The Bertz CT molecular complexity index is 2840. The molecule has 2 heterocycles. The van der Waals surface area contributed by atoms with E-state index in [1.165, 1.54) is 32.6 Å². The van der Waals surface area contributed by atoms with Gasteiger partial charge in [-0.25, -0.2) is 0 Å². The van der Waals surface area contributed by atoms with Crippen molar-refractivity contribution in [3.8, 4) is 16.8 Å². The van der Waals surface area contributed by atoms with Gasteiger partial charge in [-0.3, -0.25) is 0 Å². The summed E-state index contributed by atoms with van der Waals surface area (Å²) >= 11 is 0. The molecule has 49 heavy (non-hydrogen) atoms. The largest absolute Gasteiger partial charge is 0.456 e. The van der Waals surface area contributed by atoms with Crippen molar-refractivity contribution in [3.05, 3.63) is 182 Å². The molecule has 0 saturated carbocycles. The summed E-state index contributed by atoms with van der Waals surface area (Å²) < 4.78 is 8.72.